The van der Waals surface area contributed by atoms with Crippen molar-refractivity contribution in [3.63, 3.8) is 0 Å². The van der Waals surface area contributed by atoms with Crippen LogP contribution in [0.2, 0.25) is 0 Å². The molecule has 0 unspecified atom stereocenters. The number of unbranched alkanes of at least 4 members (excludes halogenated alkanes) is 18. The van der Waals surface area contributed by atoms with Gasteiger partial charge >= 0.3 is 0 Å². The maximum Gasteiger partial charge on any atom is 0.104 e. The Labute approximate surface area is 277 Å². The Hall–Kier alpha value is -1.60. The molecule has 0 amide bonds. The third kappa shape index (κ3) is 24.7. The van der Waals surface area contributed by atoms with E-state index in [2.05, 4.69) is 87.6 Å². The molecular weight excluding hydrogens is 530 g/mol. The van der Waals surface area contributed by atoms with E-state index in [-0.39, 0.29) is 0 Å². The molecule has 0 saturated heterocycles. The largest absolute Gasteiger partial charge is 0.319 e. The van der Waals surface area contributed by atoms with Crippen molar-refractivity contribution in [3.05, 3.63) is 72.4 Å². The molecule has 0 aromatic heterocycles. The minimum atomic E-state index is 1.16. The third-order valence-electron chi connectivity index (χ3n) is 9.34. The van der Waals surface area contributed by atoms with Gasteiger partial charge in [0.05, 0.1) is 19.6 Å². The lowest BCUT2D eigenvalue weighted by molar-refractivity contribution is -0.940. The predicted octanol–water partition coefficient (Wildman–Crippen LogP) is 14.1. The number of allylic oxidation sites excluding steroid dienone is 3. The molecule has 0 aliphatic carbocycles. The lowest BCUT2D eigenvalue weighted by atomic mass is 10.1. The summed E-state index contributed by atoms with van der Waals surface area (Å²) in [5, 5.41) is 0. The van der Waals surface area contributed by atoms with Gasteiger partial charge in [-0.2, -0.15) is 0 Å². The molecule has 1 aromatic rings. The fourth-order valence-electron chi connectivity index (χ4n) is 6.42. The van der Waals surface area contributed by atoms with Gasteiger partial charge in [-0.25, -0.2) is 0 Å². The number of benzene rings is 1. The molecule has 1 heteroatoms. The molecule has 1 aromatic carbocycles. The molecule has 0 radical (unpaired) electrons. The maximum absolute atomic E-state index is 2.51. The van der Waals surface area contributed by atoms with Gasteiger partial charge in [0, 0.05) is 24.8 Å². The summed E-state index contributed by atoms with van der Waals surface area (Å²) >= 11 is 0. The monoisotopic (exact) mass is 607 g/mol. The van der Waals surface area contributed by atoms with Crippen LogP contribution in [-0.2, 0) is 6.54 Å². The number of hydrogen-bond donors (Lipinski definition) is 0. The van der Waals surface area contributed by atoms with Gasteiger partial charge in [-0.15, -0.1) is 0 Å². The summed E-state index contributed by atoms with van der Waals surface area (Å²) in [5.41, 5.74) is 1.50. The van der Waals surface area contributed by atoms with Crippen molar-refractivity contribution in [1.82, 2.24) is 0 Å². The molecule has 1 nitrogen and oxygen atoms in total. The molecule has 0 aliphatic heterocycles. The van der Waals surface area contributed by atoms with Gasteiger partial charge < -0.3 is 4.48 Å². The van der Waals surface area contributed by atoms with E-state index < -0.39 is 0 Å². The first-order valence-corrected chi connectivity index (χ1v) is 19.6. The maximum atomic E-state index is 2.51. The van der Waals surface area contributed by atoms with Crippen LogP contribution in [0.5, 0.6) is 0 Å². The first-order valence-electron chi connectivity index (χ1n) is 19.6. The molecule has 0 fully saturated rings. The zero-order chi connectivity index (χ0) is 31.7. The smallest absolute Gasteiger partial charge is 0.104 e. The topological polar surface area (TPSA) is 0 Å². The summed E-state index contributed by atoms with van der Waals surface area (Å²) in [4.78, 5) is 0. The van der Waals surface area contributed by atoms with Crippen molar-refractivity contribution < 1.29 is 4.48 Å². The highest BCUT2D eigenvalue weighted by Gasteiger charge is 2.25. The van der Waals surface area contributed by atoms with Crippen LogP contribution in [0.4, 0.5) is 0 Å². The molecule has 0 saturated carbocycles. The quantitative estimate of drug-likeness (QED) is 0.0435. The van der Waals surface area contributed by atoms with E-state index in [9.17, 15) is 0 Å². The Morgan fingerprint density at radius 3 is 1.07 bits per heavy atom. The molecule has 44 heavy (non-hydrogen) atoms. The number of nitrogens with zero attached hydrogens (tertiary/aromatic N) is 1. The summed E-state index contributed by atoms with van der Waals surface area (Å²) < 4.78 is 1.20. The summed E-state index contributed by atoms with van der Waals surface area (Å²) in [6.07, 6.45) is 47.3. The van der Waals surface area contributed by atoms with Crippen LogP contribution >= 0.6 is 0 Å². The molecule has 252 valence electrons. The third-order valence-corrected chi connectivity index (χ3v) is 9.34. The van der Waals surface area contributed by atoms with Gasteiger partial charge in [0.15, 0.2) is 0 Å². The molecule has 0 aliphatic rings. The van der Waals surface area contributed by atoms with Gasteiger partial charge in [0.1, 0.15) is 6.54 Å². The Kier molecular flexibility index (Phi) is 28.8. The molecule has 0 spiro atoms. The first kappa shape index (κ1) is 40.4. The second-order valence-electron chi connectivity index (χ2n) is 13.6. The van der Waals surface area contributed by atoms with Gasteiger partial charge in [0.2, 0.25) is 0 Å². The Bertz CT molecular complexity index is 714. The van der Waals surface area contributed by atoms with Crippen LogP contribution in [-0.4, -0.2) is 24.1 Å². The second-order valence-corrected chi connectivity index (χ2v) is 13.6. The zero-order valence-electron chi connectivity index (χ0n) is 30.1. The average molecular weight is 607 g/mol. The minimum absolute atomic E-state index is 1.16. The highest BCUT2D eigenvalue weighted by molar-refractivity contribution is 5.13. The summed E-state index contributed by atoms with van der Waals surface area (Å²) in [7, 11) is 0. The van der Waals surface area contributed by atoms with Crippen LogP contribution < -0.4 is 0 Å². The fourth-order valence-corrected chi connectivity index (χ4v) is 6.42. The highest BCUT2D eigenvalue weighted by atomic mass is 15.3. The Morgan fingerprint density at radius 2 is 0.705 bits per heavy atom. The van der Waals surface area contributed by atoms with Crippen LogP contribution in [0, 0.1) is 0 Å². The van der Waals surface area contributed by atoms with Gasteiger partial charge in [-0.05, 0) is 38.5 Å². The van der Waals surface area contributed by atoms with E-state index >= 15 is 0 Å². The fraction of sp³-hybridized carbons (Fsp3) is 0.721. The summed E-state index contributed by atoms with van der Waals surface area (Å²) in [5.74, 6) is 0. The van der Waals surface area contributed by atoms with E-state index in [1.54, 1.807) is 0 Å². The van der Waals surface area contributed by atoms with Crippen LogP contribution in [0.15, 0.2) is 66.8 Å². The standard InChI is InChI=1S/C43H76N/c1-4-7-10-13-16-19-22-25-28-34-39-44(42-43-37-32-31-33-38-43,40-35-29-26-23-20-17-14-11-8-5-2)41-36-30-27-24-21-18-15-12-9-6-3/h25-33,37-38H,4-24,34-36,39-42H2,1-3H3/q+1/b28-25+,29-26+,30-27+. The van der Waals surface area contributed by atoms with E-state index in [4.69, 9.17) is 0 Å². The van der Waals surface area contributed by atoms with E-state index in [1.165, 1.54) is 184 Å². The SMILES string of the molecule is CCCCCCCC/C=C/CC[N+](CC/C=C/CCCCCCCC)(CC/C=C/CCCCCCCC)Cc1ccccc1. The van der Waals surface area contributed by atoms with Crippen molar-refractivity contribution in [2.45, 2.75) is 181 Å². The predicted molar refractivity (Wildman–Crippen MR) is 200 cm³/mol. The number of hydrogen-bond acceptors (Lipinski definition) is 0. The van der Waals surface area contributed by atoms with Crippen molar-refractivity contribution in [1.29, 1.82) is 0 Å². The van der Waals surface area contributed by atoms with Gasteiger partial charge in [-0.3, -0.25) is 0 Å². The summed E-state index contributed by atoms with van der Waals surface area (Å²) in [6.45, 7) is 11.8. The molecule has 0 N–H and O–H groups in total. The second kappa shape index (κ2) is 31.4. The van der Waals surface area contributed by atoms with Crippen molar-refractivity contribution in [3.8, 4) is 0 Å². The van der Waals surface area contributed by atoms with Crippen molar-refractivity contribution in [2.24, 2.45) is 0 Å². The van der Waals surface area contributed by atoms with E-state index in [1.807, 2.05) is 0 Å². The van der Waals surface area contributed by atoms with E-state index in [0.717, 1.165) is 6.54 Å². The molecular formula is C43H76N+. The molecule has 0 atom stereocenters. The van der Waals surface area contributed by atoms with Crippen LogP contribution in [0.1, 0.15) is 180 Å². The first-order chi connectivity index (χ1) is 21.8. The van der Waals surface area contributed by atoms with Gasteiger partial charge in [0.25, 0.3) is 0 Å². The van der Waals surface area contributed by atoms with Crippen LogP contribution in [0.25, 0.3) is 0 Å². The molecule has 0 bridgehead atoms. The number of quaternary nitrogens is 1. The van der Waals surface area contributed by atoms with E-state index in [0.29, 0.717) is 0 Å². The summed E-state index contributed by atoms with van der Waals surface area (Å²) in [6, 6.07) is 11.3. The van der Waals surface area contributed by atoms with Crippen LogP contribution in [0.3, 0.4) is 0 Å². The highest BCUT2D eigenvalue weighted by Crippen LogP contribution is 2.20. The lowest BCUT2D eigenvalue weighted by Gasteiger charge is -2.39. The number of rotatable bonds is 32. The Morgan fingerprint density at radius 1 is 0.386 bits per heavy atom. The van der Waals surface area contributed by atoms with Crippen molar-refractivity contribution >= 4 is 0 Å². The minimum Gasteiger partial charge on any atom is -0.319 e. The average Bonchev–Trinajstić information content (AvgIpc) is 3.04. The Balaban J connectivity index is 2.72. The molecule has 1 rings (SSSR count). The van der Waals surface area contributed by atoms with Crippen molar-refractivity contribution in [2.75, 3.05) is 19.6 Å². The molecule has 0 heterocycles. The normalized spacial score (nSPS) is 12.4. The zero-order valence-corrected chi connectivity index (χ0v) is 30.1. The lowest BCUT2D eigenvalue weighted by Crippen LogP contribution is -2.49. The van der Waals surface area contributed by atoms with Gasteiger partial charge in [-0.1, -0.05) is 184 Å².